The van der Waals surface area contributed by atoms with Crippen molar-refractivity contribution >= 4 is 16.9 Å². The van der Waals surface area contributed by atoms with Gasteiger partial charge in [-0.15, -0.1) is 0 Å². The third kappa shape index (κ3) is 3.73. The largest absolute Gasteiger partial charge is 0.496 e. The summed E-state index contributed by atoms with van der Waals surface area (Å²) in [6, 6.07) is 15.4. The number of hydrogen-bond acceptors (Lipinski definition) is 6. The Bertz CT molecular complexity index is 1100. The van der Waals surface area contributed by atoms with Gasteiger partial charge in [0.05, 0.1) is 12.7 Å². The van der Waals surface area contributed by atoms with E-state index in [1.165, 1.54) is 0 Å². The molecule has 28 heavy (non-hydrogen) atoms. The number of fused-ring (bicyclic) bond motifs is 1. The fourth-order valence-corrected chi connectivity index (χ4v) is 3.04. The van der Waals surface area contributed by atoms with E-state index in [0.717, 1.165) is 16.5 Å². The minimum absolute atomic E-state index is 0.0606. The van der Waals surface area contributed by atoms with E-state index in [1.54, 1.807) is 7.11 Å². The van der Waals surface area contributed by atoms with Crippen molar-refractivity contribution in [2.45, 2.75) is 19.4 Å². The molecular weight excluding hydrogens is 358 g/mol. The molecule has 0 bridgehead atoms. The van der Waals surface area contributed by atoms with Crippen molar-refractivity contribution in [3.63, 3.8) is 0 Å². The van der Waals surface area contributed by atoms with Crippen LogP contribution in [-0.4, -0.2) is 28.2 Å². The van der Waals surface area contributed by atoms with Crippen LogP contribution in [0.15, 0.2) is 59.3 Å². The molecule has 1 N–H and O–H groups in total. The second kappa shape index (κ2) is 7.96. The summed E-state index contributed by atoms with van der Waals surface area (Å²) in [5, 5.41) is 5.05. The molecular formula is C21H19N3O4. The van der Waals surface area contributed by atoms with Crippen molar-refractivity contribution in [3.8, 4) is 17.1 Å². The lowest BCUT2D eigenvalue weighted by atomic mass is 10.1. The number of nitrogens with one attached hydrogen (secondary N) is 1. The van der Waals surface area contributed by atoms with E-state index in [0.29, 0.717) is 23.6 Å². The van der Waals surface area contributed by atoms with E-state index in [-0.39, 0.29) is 24.9 Å². The van der Waals surface area contributed by atoms with Gasteiger partial charge in [0, 0.05) is 23.5 Å². The third-order valence-electron chi connectivity index (χ3n) is 4.45. The molecule has 0 fully saturated rings. The molecule has 0 saturated heterocycles. The molecule has 2 aromatic carbocycles. The van der Waals surface area contributed by atoms with Crippen LogP contribution in [-0.2, 0) is 22.6 Å². The first-order chi connectivity index (χ1) is 13.7. The van der Waals surface area contributed by atoms with Crippen LogP contribution in [0.2, 0.25) is 0 Å². The van der Waals surface area contributed by atoms with Gasteiger partial charge >= 0.3 is 5.97 Å². The minimum atomic E-state index is -0.317. The number of methoxy groups -OCH3 is 1. The van der Waals surface area contributed by atoms with Crippen LogP contribution >= 0.6 is 0 Å². The Morgan fingerprint density at radius 2 is 1.96 bits per heavy atom. The molecule has 0 aliphatic heterocycles. The van der Waals surface area contributed by atoms with Crippen molar-refractivity contribution in [1.29, 1.82) is 0 Å². The Morgan fingerprint density at radius 1 is 1.14 bits per heavy atom. The number of para-hydroxylation sites is 2. The number of carbonyl (C=O) groups is 1. The van der Waals surface area contributed by atoms with E-state index in [4.69, 9.17) is 14.0 Å². The Kier molecular flexibility index (Phi) is 5.05. The van der Waals surface area contributed by atoms with E-state index < -0.39 is 0 Å². The number of esters is 1. The van der Waals surface area contributed by atoms with E-state index >= 15 is 0 Å². The lowest BCUT2D eigenvalue weighted by molar-refractivity contribution is -0.145. The number of ether oxygens (including phenoxy) is 2. The molecule has 0 amide bonds. The number of carbonyl (C=O) groups excluding carboxylic acids is 1. The average molecular weight is 377 g/mol. The standard InChI is InChI=1S/C21H19N3O4/c1-26-18-9-5-3-7-16(18)21-23-19(28-24-21)13-27-20(25)11-10-14-12-22-17-8-4-2-6-15(14)17/h2-9,12,22H,10-11,13H2,1H3. The number of hydrogen-bond donors (Lipinski definition) is 1. The smallest absolute Gasteiger partial charge is 0.306 e. The van der Waals surface area contributed by atoms with E-state index in [9.17, 15) is 4.79 Å². The van der Waals surface area contributed by atoms with E-state index in [2.05, 4.69) is 15.1 Å². The van der Waals surface area contributed by atoms with Crippen molar-refractivity contribution in [3.05, 3.63) is 66.2 Å². The number of benzene rings is 2. The summed E-state index contributed by atoms with van der Waals surface area (Å²) in [6.07, 6.45) is 2.80. The molecule has 0 radical (unpaired) electrons. The lowest BCUT2D eigenvalue weighted by Gasteiger charge is -2.03. The highest BCUT2D eigenvalue weighted by molar-refractivity contribution is 5.83. The summed E-state index contributed by atoms with van der Waals surface area (Å²) in [6.45, 7) is -0.0606. The van der Waals surface area contributed by atoms with Gasteiger partial charge in [-0.25, -0.2) is 0 Å². The first kappa shape index (κ1) is 17.8. The second-order valence-electron chi connectivity index (χ2n) is 6.23. The maximum atomic E-state index is 12.1. The van der Waals surface area contributed by atoms with Gasteiger partial charge in [-0.05, 0) is 30.2 Å². The number of nitrogens with zero attached hydrogens (tertiary/aromatic N) is 2. The van der Waals surface area contributed by atoms with Gasteiger partial charge in [0.2, 0.25) is 5.82 Å². The number of H-pyrrole nitrogens is 1. The zero-order valence-electron chi connectivity index (χ0n) is 15.3. The Morgan fingerprint density at radius 3 is 2.86 bits per heavy atom. The lowest BCUT2D eigenvalue weighted by Crippen LogP contribution is -2.06. The maximum Gasteiger partial charge on any atom is 0.306 e. The number of aromatic nitrogens is 3. The average Bonchev–Trinajstić information content (AvgIpc) is 3.38. The Hall–Kier alpha value is -3.61. The first-order valence-corrected chi connectivity index (χ1v) is 8.91. The first-order valence-electron chi connectivity index (χ1n) is 8.91. The van der Waals surface area contributed by atoms with Crippen LogP contribution in [0.4, 0.5) is 0 Å². The molecule has 2 heterocycles. The highest BCUT2D eigenvalue weighted by atomic mass is 16.6. The normalized spacial score (nSPS) is 10.9. The van der Waals surface area contributed by atoms with Gasteiger partial charge in [0.1, 0.15) is 5.75 Å². The molecule has 0 unspecified atom stereocenters. The molecule has 0 aliphatic carbocycles. The van der Waals surface area contributed by atoms with Crippen molar-refractivity contribution in [1.82, 2.24) is 15.1 Å². The second-order valence-corrected chi connectivity index (χ2v) is 6.23. The van der Waals surface area contributed by atoms with Gasteiger partial charge in [0.25, 0.3) is 5.89 Å². The number of aromatic amines is 1. The summed E-state index contributed by atoms with van der Waals surface area (Å²) in [7, 11) is 1.58. The van der Waals surface area contributed by atoms with E-state index in [1.807, 2.05) is 54.7 Å². The Labute approximate surface area is 161 Å². The van der Waals surface area contributed by atoms with Crippen molar-refractivity contribution in [2.75, 3.05) is 7.11 Å². The predicted octanol–water partition coefficient (Wildman–Crippen LogP) is 3.90. The number of aryl methyl sites for hydroxylation is 1. The molecule has 142 valence electrons. The van der Waals surface area contributed by atoms with Gasteiger partial charge in [-0.3, -0.25) is 4.79 Å². The molecule has 0 aliphatic rings. The zero-order chi connectivity index (χ0) is 19.3. The summed E-state index contributed by atoms with van der Waals surface area (Å²) >= 11 is 0. The SMILES string of the molecule is COc1ccccc1-c1noc(COC(=O)CCc2c[nH]c3ccccc23)n1. The Balaban J connectivity index is 1.33. The highest BCUT2D eigenvalue weighted by Crippen LogP contribution is 2.27. The van der Waals surface area contributed by atoms with Gasteiger partial charge in [-0.2, -0.15) is 4.98 Å². The van der Waals surface area contributed by atoms with Crippen LogP contribution < -0.4 is 4.74 Å². The molecule has 7 heteroatoms. The molecule has 2 aromatic heterocycles. The van der Waals surface area contributed by atoms with Crippen LogP contribution in [0.25, 0.3) is 22.3 Å². The summed E-state index contributed by atoms with van der Waals surface area (Å²) in [5.41, 5.74) is 2.86. The third-order valence-corrected chi connectivity index (χ3v) is 4.45. The highest BCUT2D eigenvalue weighted by Gasteiger charge is 2.14. The van der Waals surface area contributed by atoms with Crippen LogP contribution in [0, 0.1) is 0 Å². The maximum absolute atomic E-state index is 12.1. The summed E-state index contributed by atoms with van der Waals surface area (Å²) in [4.78, 5) is 19.6. The minimum Gasteiger partial charge on any atom is -0.496 e. The van der Waals surface area contributed by atoms with Crippen molar-refractivity contribution in [2.24, 2.45) is 0 Å². The zero-order valence-corrected chi connectivity index (χ0v) is 15.3. The fourth-order valence-electron chi connectivity index (χ4n) is 3.04. The molecule has 4 rings (SSSR count). The van der Waals surface area contributed by atoms with Gasteiger partial charge < -0.3 is 19.0 Å². The van der Waals surface area contributed by atoms with Crippen LogP contribution in [0.5, 0.6) is 5.75 Å². The molecule has 0 atom stereocenters. The summed E-state index contributed by atoms with van der Waals surface area (Å²) < 4.78 is 15.7. The van der Waals surface area contributed by atoms with Crippen LogP contribution in [0.1, 0.15) is 17.9 Å². The van der Waals surface area contributed by atoms with Gasteiger partial charge in [-0.1, -0.05) is 35.5 Å². The fraction of sp³-hybridized carbons (Fsp3) is 0.190. The molecule has 0 spiro atoms. The van der Waals surface area contributed by atoms with Crippen LogP contribution in [0.3, 0.4) is 0 Å². The molecule has 4 aromatic rings. The monoisotopic (exact) mass is 377 g/mol. The number of rotatable bonds is 7. The predicted molar refractivity (Wildman–Crippen MR) is 103 cm³/mol. The molecule has 0 saturated carbocycles. The van der Waals surface area contributed by atoms with Crippen molar-refractivity contribution < 1.29 is 18.8 Å². The quantitative estimate of drug-likeness (QED) is 0.491. The summed E-state index contributed by atoms with van der Waals surface area (Å²) in [5.74, 6) is 0.955. The topological polar surface area (TPSA) is 90.2 Å². The van der Waals surface area contributed by atoms with Gasteiger partial charge in [0.15, 0.2) is 6.61 Å². The molecule has 7 nitrogen and oxygen atoms in total.